The van der Waals surface area contributed by atoms with Crippen molar-refractivity contribution in [1.29, 1.82) is 0 Å². The van der Waals surface area contributed by atoms with Crippen molar-refractivity contribution in [2.45, 2.75) is 25.4 Å². The van der Waals surface area contributed by atoms with Gasteiger partial charge in [-0.15, -0.1) is 0 Å². The van der Waals surface area contributed by atoms with Gasteiger partial charge in [-0.05, 0) is 54.8 Å². The van der Waals surface area contributed by atoms with Crippen LogP contribution in [0.2, 0.25) is 5.02 Å². The van der Waals surface area contributed by atoms with Gasteiger partial charge in [0.2, 0.25) is 0 Å². The minimum Gasteiger partial charge on any atom is -0.360 e. The van der Waals surface area contributed by atoms with Gasteiger partial charge >= 0.3 is 0 Å². The van der Waals surface area contributed by atoms with Crippen LogP contribution in [0.1, 0.15) is 28.8 Å². The SMILES string of the molecule is O=C(c1cn(Cc2cccc(F)c2)c2cc(Cl)ccc12)N1CCC(N2[CH]Nc3ccccc32)CC1. The molecule has 1 amide bonds. The van der Waals surface area contributed by atoms with Crippen molar-refractivity contribution >= 4 is 39.8 Å². The fourth-order valence-corrected chi connectivity index (χ4v) is 5.41. The maximum atomic E-state index is 13.7. The normalized spacial score (nSPS) is 15.9. The number of fused-ring (bicyclic) bond motifs is 2. The molecule has 35 heavy (non-hydrogen) atoms. The van der Waals surface area contributed by atoms with Crippen LogP contribution in [0.5, 0.6) is 0 Å². The summed E-state index contributed by atoms with van der Waals surface area (Å²) in [6.07, 6.45) is 3.67. The van der Waals surface area contributed by atoms with Gasteiger partial charge in [-0.2, -0.15) is 0 Å². The Balaban J connectivity index is 1.23. The van der Waals surface area contributed by atoms with Crippen molar-refractivity contribution in [1.82, 2.24) is 9.47 Å². The Morgan fingerprint density at radius 2 is 1.86 bits per heavy atom. The lowest BCUT2D eigenvalue weighted by molar-refractivity contribution is 0.0715. The highest BCUT2D eigenvalue weighted by Crippen LogP contribution is 2.36. The van der Waals surface area contributed by atoms with Crippen molar-refractivity contribution < 1.29 is 9.18 Å². The number of aromatic nitrogens is 1. The van der Waals surface area contributed by atoms with E-state index in [2.05, 4.69) is 28.4 Å². The van der Waals surface area contributed by atoms with Gasteiger partial charge < -0.3 is 19.7 Å². The summed E-state index contributed by atoms with van der Waals surface area (Å²) in [4.78, 5) is 17.9. The number of benzene rings is 3. The molecule has 0 bridgehead atoms. The second kappa shape index (κ2) is 8.93. The summed E-state index contributed by atoms with van der Waals surface area (Å²) in [5, 5.41) is 4.81. The van der Waals surface area contributed by atoms with Crippen LogP contribution in [-0.2, 0) is 6.54 Å². The summed E-state index contributed by atoms with van der Waals surface area (Å²) >= 11 is 6.29. The van der Waals surface area contributed by atoms with E-state index in [0.29, 0.717) is 36.3 Å². The number of nitrogens with one attached hydrogen (secondary N) is 1. The maximum Gasteiger partial charge on any atom is 0.256 e. The van der Waals surface area contributed by atoms with Gasteiger partial charge in [0, 0.05) is 42.3 Å². The maximum absolute atomic E-state index is 13.7. The fourth-order valence-electron chi connectivity index (χ4n) is 5.25. The van der Waals surface area contributed by atoms with E-state index in [1.54, 1.807) is 6.07 Å². The lowest BCUT2D eigenvalue weighted by Gasteiger charge is -2.37. The Hall–Kier alpha value is -3.51. The number of anilines is 2. The molecule has 6 rings (SSSR count). The molecule has 2 aliphatic rings. The number of likely N-dealkylation sites (tertiary alicyclic amines) is 1. The number of piperidine rings is 1. The number of rotatable bonds is 4. The molecular weight excluding hydrogens is 463 g/mol. The molecule has 0 atom stereocenters. The van der Waals surface area contributed by atoms with Crippen LogP contribution in [0.3, 0.4) is 0 Å². The molecule has 5 nitrogen and oxygen atoms in total. The second-order valence-corrected chi connectivity index (χ2v) is 9.62. The molecule has 177 valence electrons. The Morgan fingerprint density at radius 3 is 2.69 bits per heavy atom. The summed E-state index contributed by atoms with van der Waals surface area (Å²) in [5.41, 5.74) is 4.67. The minimum atomic E-state index is -0.274. The highest BCUT2D eigenvalue weighted by atomic mass is 35.5. The number of carbonyl (C=O) groups excluding carboxylic acids is 1. The number of para-hydroxylation sites is 2. The Labute approximate surface area is 208 Å². The van der Waals surface area contributed by atoms with Gasteiger partial charge in [-0.3, -0.25) is 4.79 Å². The average molecular weight is 488 g/mol. The molecule has 3 heterocycles. The van der Waals surface area contributed by atoms with Gasteiger partial charge in [0.05, 0.1) is 22.5 Å². The van der Waals surface area contributed by atoms with Crippen molar-refractivity contribution in [2.24, 2.45) is 0 Å². The Morgan fingerprint density at radius 1 is 1.03 bits per heavy atom. The summed E-state index contributed by atoms with van der Waals surface area (Å²) in [7, 11) is 0. The van der Waals surface area contributed by atoms with E-state index in [1.807, 2.05) is 52.7 Å². The predicted molar refractivity (Wildman–Crippen MR) is 138 cm³/mol. The predicted octanol–water partition coefficient (Wildman–Crippen LogP) is 6.14. The first-order valence-corrected chi connectivity index (χ1v) is 12.2. The second-order valence-electron chi connectivity index (χ2n) is 9.18. The van der Waals surface area contributed by atoms with E-state index in [4.69, 9.17) is 11.6 Å². The summed E-state index contributed by atoms with van der Waals surface area (Å²) in [6.45, 7) is 3.89. The van der Waals surface area contributed by atoms with E-state index in [-0.39, 0.29) is 11.7 Å². The van der Waals surface area contributed by atoms with Crippen LogP contribution >= 0.6 is 11.6 Å². The topological polar surface area (TPSA) is 40.5 Å². The van der Waals surface area contributed by atoms with Crippen molar-refractivity contribution in [2.75, 3.05) is 23.3 Å². The van der Waals surface area contributed by atoms with Crippen LogP contribution in [0, 0.1) is 12.5 Å². The number of carbonyl (C=O) groups is 1. The van der Waals surface area contributed by atoms with Gasteiger partial charge in [0.25, 0.3) is 5.91 Å². The average Bonchev–Trinajstić information content (AvgIpc) is 3.45. The fraction of sp³-hybridized carbons (Fsp3) is 0.214. The van der Waals surface area contributed by atoms with Gasteiger partial charge in [-0.25, -0.2) is 4.39 Å². The van der Waals surface area contributed by atoms with Crippen LogP contribution < -0.4 is 10.2 Å². The Kier molecular flexibility index (Phi) is 5.61. The summed E-state index contributed by atoms with van der Waals surface area (Å²) in [6, 6.07) is 20.8. The highest BCUT2D eigenvalue weighted by molar-refractivity contribution is 6.31. The number of halogens is 2. The van der Waals surface area contributed by atoms with E-state index >= 15 is 0 Å². The van der Waals surface area contributed by atoms with Gasteiger partial charge in [0.15, 0.2) is 0 Å². The molecule has 2 aliphatic heterocycles. The molecule has 1 radical (unpaired) electrons. The lowest BCUT2D eigenvalue weighted by Crippen LogP contribution is -2.45. The number of nitrogens with zero attached hydrogens (tertiary/aromatic N) is 3. The van der Waals surface area contributed by atoms with E-state index < -0.39 is 0 Å². The largest absolute Gasteiger partial charge is 0.360 e. The smallest absolute Gasteiger partial charge is 0.256 e. The quantitative estimate of drug-likeness (QED) is 0.376. The van der Waals surface area contributed by atoms with Crippen molar-refractivity contribution in [3.8, 4) is 0 Å². The zero-order valence-electron chi connectivity index (χ0n) is 19.1. The van der Waals surface area contributed by atoms with Crippen LogP contribution in [0.15, 0.2) is 72.9 Å². The highest BCUT2D eigenvalue weighted by Gasteiger charge is 2.32. The molecule has 1 aromatic heterocycles. The van der Waals surface area contributed by atoms with Crippen LogP contribution in [0.4, 0.5) is 15.8 Å². The summed E-state index contributed by atoms with van der Waals surface area (Å²) in [5.74, 6) is -0.248. The van der Waals surface area contributed by atoms with Crippen molar-refractivity contribution in [3.05, 3.63) is 102 Å². The molecule has 4 aromatic rings. The first-order chi connectivity index (χ1) is 17.1. The molecule has 0 spiro atoms. The molecule has 7 heteroatoms. The number of amides is 1. The third kappa shape index (κ3) is 4.12. The minimum absolute atomic E-state index is 0.0256. The first kappa shape index (κ1) is 22.0. The monoisotopic (exact) mass is 487 g/mol. The molecular formula is C28H25ClFN4O. The van der Waals surface area contributed by atoms with Crippen molar-refractivity contribution in [3.63, 3.8) is 0 Å². The zero-order valence-corrected chi connectivity index (χ0v) is 19.9. The Bertz CT molecular complexity index is 1410. The molecule has 1 fully saturated rings. The number of hydrogen-bond acceptors (Lipinski definition) is 3. The van der Waals surface area contributed by atoms with Gasteiger partial charge in [0.1, 0.15) is 12.5 Å². The standard InChI is InChI=1S/C28H25ClFN4O/c29-20-8-9-23-24(17-33(27(23)15-20)16-19-4-3-5-21(30)14-19)28(35)32-12-10-22(11-13-32)34-18-31-25-6-1-2-7-26(25)34/h1-9,14-15,17-18,22,31H,10-13,16H2. The van der Waals surface area contributed by atoms with Crippen LogP contribution in [-0.4, -0.2) is 34.5 Å². The molecule has 1 N–H and O–H groups in total. The molecule has 1 saturated heterocycles. The van der Waals surface area contributed by atoms with E-state index in [9.17, 15) is 9.18 Å². The molecule has 3 aromatic carbocycles. The molecule has 0 saturated carbocycles. The van der Waals surface area contributed by atoms with Crippen LogP contribution in [0.25, 0.3) is 10.9 Å². The number of hydrogen-bond donors (Lipinski definition) is 1. The third-order valence-electron chi connectivity index (χ3n) is 7.00. The molecule has 0 aliphatic carbocycles. The molecule has 0 unspecified atom stereocenters. The third-order valence-corrected chi connectivity index (χ3v) is 7.24. The van der Waals surface area contributed by atoms with E-state index in [0.717, 1.165) is 35.0 Å². The van der Waals surface area contributed by atoms with Gasteiger partial charge in [-0.1, -0.05) is 41.9 Å². The summed E-state index contributed by atoms with van der Waals surface area (Å²) < 4.78 is 15.7. The lowest BCUT2D eigenvalue weighted by atomic mass is 10.0. The first-order valence-electron chi connectivity index (χ1n) is 11.9. The zero-order chi connectivity index (χ0) is 23.9. The van der Waals surface area contributed by atoms with E-state index in [1.165, 1.54) is 17.8 Å².